The molecule has 2 aliphatic rings. The van der Waals surface area contributed by atoms with Crippen molar-refractivity contribution in [1.29, 1.82) is 0 Å². The first kappa shape index (κ1) is 31.9. The summed E-state index contributed by atoms with van der Waals surface area (Å²) in [6, 6.07) is 19.1. The molecule has 0 aliphatic carbocycles. The average Bonchev–Trinajstić information content (AvgIpc) is 3.34. The second-order valence-electron chi connectivity index (χ2n) is 11.8. The number of methoxy groups -OCH3 is 1. The van der Waals surface area contributed by atoms with Crippen LogP contribution in [0.15, 0.2) is 65.7 Å². The van der Waals surface area contributed by atoms with E-state index < -0.39 is 41.0 Å². The summed E-state index contributed by atoms with van der Waals surface area (Å²) in [7, 11) is 1.65. The number of carbonyl (C=O) groups excluding carboxylic acids is 1. The molecule has 2 unspecified atom stereocenters. The zero-order valence-electron chi connectivity index (χ0n) is 25.7. The molecule has 2 heterocycles. The fourth-order valence-corrected chi connectivity index (χ4v) is 6.20. The predicted octanol–water partition coefficient (Wildman–Crippen LogP) is 3.96. The minimum absolute atomic E-state index is 0.387. The molecular weight excluding hydrogens is 580 g/mol. The number of carboxylic acids is 2. The molecular formula is C33H39N4O8+. The van der Waals surface area contributed by atoms with Crippen LogP contribution < -0.4 is 14.3 Å². The van der Waals surface area contributed by atoms with Gasteiger partial charge in [-0.15, -0.1) is 0 Å². The number of fused-ring (bicyclic) bond motifs is 3. The highest BCUT2D eigenvalue weighted by molar-refractivity contribution is 6.11. The standard InChI is InChI=1S/C33H38N4O8/c1-22(2)37(45-30(40)21-33(43,32(41)42)20-29(38)39)28(34-27-12-11-23-7-4-5-10-26(23)31(27)37)13-14-35-15-17-36(18-16-35)24-8-6-9-25(19-24)44-3/h4-12,19,22,43H,13-18,20-21H2,1-3H3,(H-,38,39,41,42)/p+1. The zero-order valence-corrected chi connectivity index (χ0v) is 25.7. The molecule has 2 atom stereocenters. The molecule has 238 valence electrons. The number of amidine groups is 1. The molecule has 12 nitrogen and oxygen atoms in total. The van der Waals surface area contributed by atoms with Crippen LogP contribution in [0.1, 0.15) is 33.1 Å². The molecule has 45 heavy (non-hydrogen) atoms. The summed E-state index contributed by atoms with van der Waals surface area (Å²) < 4.78 is 4.97. The number of carbonyl (C=O) groups is 3. The van der Waals surface area contributed by atoms with Crippen molar-refractivity contribution < 1.29 is 39.3 Å². The summed E-state index contributed by atoms with van der Waals surface area (Å²) >= 11 is 0. The van der Waals surface area contributed by atoms with E-state index in [-0.39, 0.29) is 6.04 Å². The molecule has 3 aromatic carbocycles. The molecule has 12 heteroatoms. The van der Waals surface area contributed by atoms with Crippen molar-refractivity contribution in [2.24, 2.45) is 4.99 Å². The summed E-state index contributed by atoms with van der Waals surface area (Å²) in [6.07, 6.45) is -1.74. The van der Waals surface area contributed by atoms with Crippen molar-refractivity contribution in [3.8, 4) is 5.75 Å². The lowest BCUT2D eigenvalue weighted by Gasteiger charge is -2.38. The maximum absolute atomic E-state index is 13.5. The highest BCUT2D eigenvalue weighted by Gasteiger charge is 2.54. The lowest BCUT2D eigenvalue weighted by molar-refractivity contribution is -0.186. The van der Waals surface area contributed by atoms with Gasteiger partial charge in [0.25, 0.3) is 5.84 Å². The fraction of sp³-hybridized carbons (Fsp3) is 0.394. The van der Waals surface area contributed by atoms with Crippen LogP contribution in [0.4, 0.5) is 17.1 Å². The van der Waals surface area contributed by atoms with Gasteiger partial charge in [0, 0.05) is 49.9 Å². The van der Waals surface area contributed by atoms with Crippen LogP contribution in [0, 0.1) is 0 Å². The van der Waals surface area contributed by atoms with Gasteiger partial charge in [-0.25, -0.2) is 9.59 Å². The number of carboxylic acid groups (broad SMARTS) is 2. The van der Waals surface area contributed by atoms with E-state index in [0.29, 0.717) is 30.2 Å². The van der Waals surface area contributed by atoms with Gasteiger partial charge in [-0.05, 0) is 43.5 Å². The lowest BCUT2D eigenvalue weighted by atomic mass is 9.96. The Kier molecular flexibility index (Phi) is 9.10. The molecule has 0 bridgehead atoms. The SMILES string of the molecule is COc1cccc(N2CCN(CCC3=Nc4ccc5ccccc5c4[N+]3(OC(=O)CC(O)(CC(=O)O)C(=O)O)C(C)C)CC2)c1. The van der Waals surface area contributed by atoms with Gasteiger partial charge in [0.2, 0.25) is 5.69 Å². The van der Waals surface area contributed by atoms with Crippen LogP contribution in [-0.2, 0) is 19.2 Å². The number of benzene rings is 3. The number of hydrogen-bond acceptors (Lipinski definition) is 9. The van der Waals surface area contributed by atoms with Gasteiger partial charge in [0.05, 0.1) is 26.4 Å². The van der Waals surface area contributed by atoms with Gasteiger partial charge in [0.15, 0.2) is 5.60 Å². The minimum Gasteiger partial charge on any atom is -0.497 e. The zero-order chi connectivity index (χ0) is 32.4. The quantitative estimate of drug-likeness (QED) is 0.254. The Morgan fingerprint density at radius 2 is 1.71 bits per heavy atom. The van der Waals surface area contributed by atoms with Gasteiger partial charge in [-0.2, -0.15) is 4.99 Å². The first-order valence-corrected chi connectivity index (χ1v) is 15.0. The number of aliphatic carboxylic acids is 2. The number of rotatable bonds is 12. The first-order valence-electron chi connectivity index (χ1n) is 15.0. The van der Waals surface area contributed by atoms with E-state index in [0.717, 1.165) is 48.4 Å². The van der Waals surface area contributed by atoms with Crippen molar-refractivity contribution >= 4 is 51.6 Å². The number of ether oxygens (including phenoxy) is 1. The normalized spacial score (nSPS) is 19.6. The van der Waals surface area contributed by atoms with E-state index in [1.165, 1.54) is 0 Å². The van der Waals surface area contributed by atoms with E-state index in [1.54, 1.807) is 7.11 Å². The Hall–Kier alpha value is -4.52. The van der Waals surface area contributed by atoms with Crippen LogP contribution in [0.3, 0.4) is 0 Å². The van der Waals surface area contributed by atoms with Gasteiger partial charge < -0.3 is 25.0 Å². The van der Waals surface area contributed by atoms with Gasteiger partial charge in [-0.1, -0.05) is 35.0 Å². The van der Waals surface area contributed by atoms with Crippen molar-refractivity contribution in [2.75, 3.05) is 44.7 Å². The minimum atomic E-state index is -2.83. The molecule has 0 saturated carbocycles. The smallest absolute Gasteiger partial charge is 0.371 e. The molecule has 1 fully saturated rings. The molecule has 0 radical (unpaired) electrons. The average molecular weight is 620 g/mol. The summed E-state index contributed by atoms with van der Waals surface area (Å²) in [4.78, 5) is 52.4. The first-order chi connectivity index (χ1) is 21.5. The lowest BCUT2D eigenvalue weighted by Crippen LogP contribution is -2.60. The number of quaternary nitrogens is 1. The van der Waals surface area contributed by atoms with E-state index in [1.807, 2.05) is 68.4 Å². The van der Waals surface area contributed by atoms with E-state index >= 15 is 0 Å². The maximum Gasteiger partial charge on any atom is 0.371 e. The molecule has 3 aromatic rings. The van der Waals surface area contributed by atoms with E-state index in [9.17, 15) is 29.7 Å². The molecule has 2 aliphatic heterocycles. The monoisotopic (exact) mass is 619 g/mol. The maximum atomic E-state index is 13.5. The Labute approximate surface area is 261 Å². The summed E-state index contributed by atoms with van der Waals surface area (Å²) in [5.74, 6) is -3.03. The van der Waals surface area contributed by atoms with Crippen molar-refractivity contribution in [1.82, 2.24) is 9.55 Å². The van der Waals surface area contributed by atoms with E-state index in [4.69, 9.17) is 14.6 Å². The topological polar surface area (TPSA) is 149 Å². The van der Waals surface area contributed by atoms with Crippen LogP contribution in [0.25, 0.3) is 10.8 Å². The number of hydroxylamine groups is 2. The summed E-state index contributed by atoms with van der Waals surface area (Å²) in [5.41, 5.74) is -0.452. The summed E-state index contributed by atoms with van der Waals surface area (Å²) in [5, 5.41) is 31.2. The highest BCUT2D eigenvalue weighted by Crippen LogP contribution is 2.48. The third-order valence-corrected chi connectivity index (χ3v) is 8.54. The van der Waals surface area contributed by atoms with Crippen LogP contribution in [0.5, 0.6) is 5.75 Å². The number of aliphatic imine (C=N–C) groups is 1. The molecule has 3 N–H and O–H groups in total. The molecule has 5 rings (SSSR count). The Balaban J connectivity index is 1.41. The molecule has 1 saturated heterocycles. The van der Waals surface area contributed by atoms with Crippen molar-refractivity contribution in [2.45, 2.75) is 44.8 Å². The van der Waals surface area contributed by atoms with E-state index in [2.05, 4.69) is 15.9 Å². The Morgan fingerprint density at radius 1 is 0.978 bits per heavy atom. The number of anilines is 1. The van der Waals surface area contributed by atoms with Gasteiger partial charge in [-0.3, -0.25) is 14.5 Å². The Bertz CT molecular complexity index is 1630. The molecule has 0 amide bonds. The third-order valence-electron chi connectivity index (χ3n) is 8.54. The second-order valence-corrected chi connectivity index (χ2v) is 11.8. The number of piperazine rings is 1. The highest BCUT2D eigenvalue weighted by atomic mass is 16.8. The van der Waals surface area contributed by atoms with Crippen LogP contribution in [-0.4, -0.2) is 95.4 Å². The fourth-order valence-electron chi connectivity index (χ4n) is 6.20. The molecule has 0 aromatic heterocycles. The Morgan fingerprint density at radius 3 is 2.38 bits per heavy atom. The second kappa shape index (κ2) is 12.8. The number of nitrogens with zero attached hydrogens (tertiary/aromatic N) is 4. The van der Waals surface area contributed by atoms with Gasteiger partial charge in [0.1, 0.15) is 17.5 Å². The number of hydrogen-bond donors (Lipinski definition) is 3. The molecule has 0 spiro atoms. The van der Waals surface area contributed by atoms with Crippen LogP contribution in [0.2, 0.25) is 0 Å². The van der Waals surface area contributed by atoms with Gasteiger partial charge >= 0.3 is 17.9 Å². The van der Waals surface area contributed by atoms with Crippen LogP contribution >= 0.6 is 0 Å². The third kappa shape index (κ3) is 6.35. The van der Waals surface area contributed by atoms with Crippen molar-refractivity contribution in [3.63, 3.8) is 0 Å². The largest absolute Gasteiger partial charge is 0.497 e. The number of aliphatic hydroxyl groups is 1. The predicted molar refractivity (Wildman–Crippen MR) is 170 cm³/mol. The van der Waals surface area contributed by atoms with Crippen molar-refractivity contribution in [3.05, 3.63) is 60.7 Å². The summed E-state index contributed by atoms with van der Waals surface area (Å²) in [6.45, 7) is 7.66.